The maximum Gasteiger partial charge on any atom is 0.338 e. The molecule has 0 aliphatic heterocycles. The normalized spacial score (nSPS) is 15.7. The molecule has 0 N–H and O–H groups in total. The number of hydrogen-bond donors (Lipinski definition) is 0. The fourth-order valence-electron chi connectivity index (χ4n) is 3.18. The first kappa shape index (κ1) is 18.8. The number of ether oxygens (including phenoxy) is 2. The van der Waals surface area contributed by atoms with E-state index in [2.05, 4.69) is 13.2 Å². The second kappa shape index (κ2) is 7.35. The number of carbonyl (C=O) groups is 2. The van der Waals surface area contributed by atoms with Gasteiger partial charge in [-0.15, -0.1) is 0 Å². The molecule has 0 aromatic heterocycles. The SMILES string of the molecule is C=C(C)C(=O)Oc1c2c(c(OC(=O)C(=C)C)c3ccccc13)CC(F)CC2. The Hall–Kier alpha value is -2.95. The highest BCUT2D eigenvalue weighted by molar-refractivity contribution is 6.01. The van der Waals surface area contributed by atoms with Crippen LogP contribution in [0.1, 0.15) is 31.4 Å². The van der Waals surface area contributed by atoms with Crippen LogP contribution in [0.15, 0.2) is 48.6 Å². The van der Waals surface area contributed by atoms with Gasteiger partial charge in [-0.1, -0.05) is 37.4 Å². The molecule has 1 atom stereocenters. The van der Waals surface area contributed by atoms with Gasteiger partial charge >= 0.3 is 11.9 Å². The number of esters is 2. The molecule has 0 amide bonds. The van der Waals surface area contributed by atoms with Crippen LogP contribution >= 0.6 is 0 Å². The Kier molecular flexibility index (Phi) is 5.13. The van der Waals surface area contributed by atoms with E-state index in [9.17, 15) is 14.0 Å². The summed E-state index contributed by atoms with van der Waals surface area (Å²) in [7, 11) is 0. The topological polar surface area (TPSA) is 52.6 Å². The first-order valence-electron chi connectivity index (χ1n) is 8.75. The zero-order valence-corrected chi connectivity index (χ0v) is 15.4. The average molecular weight is 368 g/mol. The molecule has 0 fully saturated rings. The Morgan fingerprint density at radius 1 is 0.963 bits per heavy atom. The van der Waals surface area contributed by atoms with Gasteiger partial charge in [-0.2, -0.15) is 0 Å². The van der Waals surface area contributed by atoms with Gasteiger partial charge in [0, 0.05) is 39.5 Å². The summed E-state index contributed by atoms with van der Waals surface area (Å²) in [6, 6.07) is 7.14. The zero-order valence-electron chi connectivity index (χ0n) is 15.4. The van der Waals surface area contributed by atoms with Gasteiger partial charge in [0.05, 0.1) is 0 Å². The van der Waals surface area contributed by atoms with E-state index in [-0.39, 0.29) is 17.6 Å². The second-order valence-corrected chi connectivity index (χ2v) is 6.84. The summed E-state index contributed by atoms with van der Waals surface area (Å²) in [6.07, 6.45) is -0.254. The lowest BCUT2D eigenvalue weighted by molar-refractivity contribution is -0.131. The molecule has 1 aliphatic carbocycles. The Morgan fingerprint density at radius 2 is 1.44 bits per heavy atom. The van der Waals surface area contributed by atoms with Crippen molar-refractivity contribution in [1.82, 2.24) is 0 Å². The maximum atomic E-state index is 14.2. The van der Waals surface area contributed by atoms with E-state index in [4.69, 9.17) is 9.47 Å². The van der Waals surface area contributed by atoms with Gasteiger partial charge in [-0.05, 0) is 26.7 Å². The van der Waals surface area contributed by atoms with E-state index >= 15 is 0 Å². The molecule has 1 aliphatic rings. The predicted octanol–water partition coefficient (Wildman–Crippen LogP) is 4.63. The highest BCUT2D eigenvalue weighted by Crippen LogP contribution is 2.45. The molecule has 0 radical (unpaired) electrons. The van der Waals surface area contributed by atoms with Gasteiger partial charge < -0.3 is 9.47 Å². The molecule has 1 unspecified atom stereocenters. The smallest absolute Gasteiger partial charge is 0.338 e. The number of carbonyl (C=O) groups excluding carboxylic acids is 2. The molecule has 0 saturated carbocycles. The van der Waals surface area contributed by atoms with E-state index in [1.54, 1.807) is 38.1 Å². The highest BCUT2D eigenvalue weighted by atomic mass is 19.1. The van der Waals surface area contributed by atoms with Crippen LogP contribution in [0.25, 0.3) is 10.8 Å². The Morgan fingerprint density at radius 3 is 1.93 bits per heavy atom. The number of fused-ring (bicyclic) bond motifs is 2. The third kappa shape index (κ3) is 3.63. The van der Waals surface area contributed by atoms with Crippen molar-refractivity contribution in [3.8, 4) is 11.5 Å². The van der Waals surface area contributed by atoms with Crippen molar-refractivity contribution in [2.45, 2.75) is 39.3 Å². The zero-order chi connectivity index (χ0) is 19.7. The monoisotopic (exact) mass is 368 g/mol. The van der Waals surface area contributed by atoms with Crippen LogP contribution in [0.5, 0.6) is 11.5 Å². The Bertz CT molecular complexity index is 974. The van der Waals surface area contributed by atoms with Crippen LogP contribution in [0.2, 0.25) is 0 Å². The van der Waals surface area contributed by atoms with Gasteiger partial charge in [0.15, 0.2) is 0 Å². The summed E-state index contributed by atoms with van der Waals surface area (Å²) in [5.41, 5.74) is 1.77. The molecule has 5 heteroatoms. The molecule has 0 heterocycles. The van der Waals surface area contributed by atoms with Crippen LogP contribution in [-0.2, 0) is 22.4 Å². The first-order valence-corrected chi connectivity index (χ1v) is 8.75. The third-order valence-electron chi connectivity index (χ3n) is 4.55. The van der Waals surface area contributed by atoms with Crippen LogP contribution in [0.4, 0.5) is 4.39 Å². The van der Waals surface area contributed by atoms with E-state index in [0.29, 0.717) is 46.2 Å². The van der Waals surface area contributed by atoms with Crippen LogP contribution in [-0.4, -0.2) is 18.1 Å². The summed E-state index contributed by atoms with van der Waals surface area (Å²) < 4.78 is 25.4. The molecule has 2 aromatic carbocycles. The highest BCUT2D eigenvalue weighted by Gasteiger charge is 2.30. The minimum Gasteiger partial charge on any atom is -0.422 e. The molecule has 140 valence electrons. The Balaban J connectivity index is 2.28. The van der Waals surface area contributed by atoms with Crippen molar-refractivity contribution in [3.63, 3.8) is 0 Å². The number of halogens is 1. The van der Waals surface area contributed by atoms with Crippen molar-refractivity contribution in [1.29, 1.82) is 0 Å². The maximum absolute atomic E-state index is 14.2. The molecule has 0 bridgehead atoms. The lowest BCUT2D eigenvalue weighted by Crippen LogP contribution is -2.20. The van der Waals surface area contributed by atoms with E-state index in [0.717, 1.165) is 0 Å². The number of hydrogen-bond acceptors (Lipinski definition) is 4. The van der Waals surface area contributed by atoms with Gasteiger partial charge in [0.1, 0.15) is 17.7 Å². The molecule has 0 saturated heterocycles. The molecule has 27 heavy (non-hydrogen) atoms. The molecule has 0 spiro atoms. The molecular weight excluding hydrogens is 347 g/mol. The minimum absolute atomic E-state index is 0.0938. The van der Waals surface area contributed by atoms with E-state index in [1.807, 2.05) is 0 Å². The van der Waals surface area contributed by atoms with Crippen LogP contribution in [0.3, 0.4) is 0 Å². The minimum atomic E-state index is -1.05. The molecular formula is C22H21FO4. The average Bonchev–Trinajstić information content (AvgIpc) is 2.63. The van der Waals surface area contributed by atoms with Crippen LogP contribution in [0, 0.1) is 0 Å². The van der Waals surface area contributed by atoms with Gasteiger partial charge in [0.25, 0.3) is 0 Å². The predicted molar refractivity (Wildman–Crippen MR) is 102 cm³/mol. The standard InChI is InChI=1S/C22H21FO4/c1-12(2)21(24)26-19-15-7-5-6-8-16(15)20(27-22(25)13(3)4)18-11-14(23)9-10-17(18)19/h5-8,14H,1,3,9-11H2,2,4H3. The number of rotatable bonds is 4. The van der Waals surface area contributed by atoms with E-state index in [1.165, 1.54) is 0 Å². The largest absolute Gasteiger partial charge is 0.422 e. The van der Waals surface area contributed by atoms with Crippen molar-refractivity contribution < 1.29 is 23.5 Å². The van der Waals surface area contributed by atoms with Crippen molar-refractivity contribution in [3.05, 3.63) is 59.7 Å². The lowest BCUT2D eigenvalue weighted by atomic mass is 9.86. The molecule has 2 aromatic rings. The quantitative estimate of drug-likeness (QED) is 0.449. The fourth-order valence-corrected chi connectivity index (χ4v) is 3.18. The summed E-state index contributed by atoms with van der Waals surface area (Å²) in [5, 5.41) is 1.22. The first-order chi connectivity index (χ1) is 12.8. The van der Waals surface area contributed by atoms with Crippen molar-refractivity contribution in [2.75, 3.05) is 0 Å². The fraction of sp³-hybridized carbons (Fsp3) is 0.273. The second-order valence-electron chi connectivity index (χ2n) is 6.84. The molecule has 4 nitrogen and oxygen atoms in total. The molecule has 3 rings (SSSR count). The lowest BCUT2D eigenvalue weighted by Gasteiger charge is -2.26. The summed E-state index contributed by atoms with van der Waals surface area (Å²) in [5.74, 6) is -0.423. The van der Waals surface area contributed by atoms with Crippen molar-refractivity contribution in [2.24, 2.45) is 0 Å². The van der Waals surface area contributed by atoms with Crippen molar-refractivity contribution >= 4 is 22.7 Å². The van der Waals surface area contributed by atoms with Crippen LogP contribution < -0.4 is 9.47 Å². The van der Waals surface area contributed by atoms with Gasteiger partial charge in [0.2, 0.25) is 0 Å². The Labute approximate surface area is 157 Å². The number of alkyl halides is 1. The van der Waals surface area contributed by atoms with Gasteiger partial charge in [-0.3, -0.25) is 0 Å². The summed E-state index contributed by atoms with van der Waals surface area (Å²) in [4.78, 5) is 24.3. The van der Waals surface area contributed by atoms with Gasteiger partial charge in [-0.25, -0.2) is 14.0 Å². The summed E-state index contributed by atoms with van der Waals surface area (Å²) in [6.45, 7) is 10.3. The van der Waals surface area contributed by atoms with E-state index < -0.39 is 18.1 Å². The third-order valence-corrected chi connectivity index (χ3v) is 4.55. The number of benzene rings is 2. The summed E-state index contributed by atoms with van der Waals surface area (Å²) >= 11 is 0.